The van der Waals surface area contributed by atoms with Gasteiger partial charge in [0.15, 0.2) is 0 Å². The van der Waals surface area contributed by atoms with Crippen molar-refractivity contribution in [3.63, 3.8) is 0 Å². The number of hydrogen-bond donors (Lipinski definition) is 1. The Labute approximate surface area is 156 Å². The minimum Gasteiger partial charge on any atom is -0.370 e. The lowest BCUT2D eigenvalue weighted by molar-refractivity contribution is -0.132. The molecule has 1 aromatic rings. The first-order valence-electron chi connectivity index (χ1n) is 10.0. The van der Waals surface area contributed by atoms with Gasteiger partial charge < -0.3 is 15.1 Å². The molecule has 144 valence electrons. The minimum atomic E-state index is 0.327. The van der Waals surface area contributed by atoms with E-state index < -0.39 is 0 Å². The molecule has 2 aliphatic rings. The van der Waals surface area contributed by atoms with Gasteiger partial charge in [-0.3, -0.25) is 9.69 Å². The van der Waals surface area contributed by atoms with Gasteiger partial charge in [0.05, 0.1) is 0 Å². The minimum absolute atomic E-state index is 0.327. The molecule has 3 rings (SSSR count). The number of likely N-dealkylation sites (tertiary alicyclic amines) is 1. The fraction of sp³-hybridized carbons (Fsp3) is 0.737. The first-order valence-corrected chi connectivity index (χ1v) is 10.0. The maximum Gasteiger partial charge on any atom is 0.227 e. The lowest BCUT2D eigenvalue weighted by Gasteiger charge is -2.42. The van der Waals surface area contributed by atoms with Crippen molar-refractivity contribution in [3.05, 3.63) is 12.3 Å². The number of carbonyl (C=O) groups is 1. The Hall–Kier alpha value is -1.89. The fourth-order valence-electron chi connectivity index (χ4n) is 3.92. The van der Waals surface area contributed by atoms with Crippen LogP contribution < -0.4 is 10.2 Å². The number of piperidine rings is 1. The molecular formula is C19H32N6O. The zero-order valence-electron chi connectivity index (χ0n) is 16.2. The smallest absolute Gasteiger partial charge is 0.227 e. The van der Waals surface area contributed by atoms with E-state index in [1.807, 2.05) is 12.3 Å². The summed E-state index contributed by atoms with van der Waals surface area (Å²) in [5.74, 6) is 2.04. The number of piperazine rings is 1. The van der Waals surface area contributed by atoms with Crippen molar-refractivity contribution in [2.75, 3.05) is 56.0 Å². The topological polar surface area (TPSA) is 64.6 Å². The summed E-state index contributed by atoms with van der Waals surface area (Å²) in [6.07, 6.45) is 5.66. The molecule has 0 radical (unpaired) electrons. The van der Waals surface area contributed by atoms with Gasteiger partial charge in [-0.2, -0.15) is 4.98 Å². The molecule has 0 bridgehead atoms. The average Bonchev–Trinajstić information content (AvgIpc) is 2.69. The molecule has 0 aromatic carbocycles. The molecule has 2 aliphatic heterocycles. The standard InChI is InChI=1S/C19H32N6O/c1-3-5-18(26)24-10-7-16(8-11-24)23-12-14-25(15-13-23)19-21-9-6-17(22-19)20-4-2/h6,9,16H,3-5,7-8,10-15H2,1-2H3,(H,20,21,22). The van der Waals surface area contributed by atoms with Gasteiger partial charge in [-0.05, 0) is 32.3 Å². The van der Waals surface area contributed by atoms with E-state index in [0.717, 1.165) is 76.8 Å². The average molecular weight is 361 g/mol. The molecule has 0 atom stereocenters. The molecule has 3 heterocycles. The molecule has 0 saturated carbocycles. The van der Waals surface area contributed by atoms with E-state index in [2.05, 4.69) is 43.8 Å². The Balaban J connectivity index is 1.47. The number of rotatable bonds is 6. The highest BCUT2D eigenvalue weighted by atomic mass is 16.2. The van der Waals surface area contributed by atoms with Crippen molar-refractivity contribution in [1.82, 2.24) is 19.8 Å². The maximum absolute atomic E-state index is 12.0. The Bertz CT molecular complexity index is 579. The lowest BCUT2D eigenvalue weighted by atomic mass is 10.0. The highest BCUT2D eigenvalue weighted by Crippen LogP contribution is 2.21. The van der Waals surface area contributed by atoms with E-state index in [4.69, 9.17) is 0 Å². The molecule has 1 amide bonds. The van der Waals surface area contributed by atoms with Gasteiger partial charge in [0.25, 0.3) is 0 Å². The number of hydrogen-bond acceptors (Lipinski definition) is 6. The van der Waals surface area contributed by atoms with Crippen LogP contribution in [-0.4, -0.2) is 77.5 Å². The van der Waals surface area contributed by atoms with Gasteiger partial charge in [-0.25, -0.2) is 4.98 Å². The summed E-state index contributed by atoms with van der Waals surface area (Å²) in [7, 11) is 0. The van der Waals surface area contributed by atoms with Gasteiger partial charge in [0.2, 0.25) is 11.9 Å². The van der Waals surface area contributed by atoms with Crippen LogP contribution in [0.1, 0.15) is 39.5 Å². The molecular weight excluding hydrogens is 328 g/mol. The summed E-state index contributed by atoms with van der Waals surface area (Å²) in [5.41, 5.74) is 0. The van der Waals surface area contributed by atoms with Crippen molar-refractivity contribution in [2.45, 2.75) is 45.6 Å². The van der Waals surface area contributed by atoms with E-state index in [-0.39, 0.29) is 0 Å². The van der Waals surface area contributed by atoms with Crippen LogP contribution in [0.3, 0.4) is 0 Å². The second-order valence-electron chi connectivity index (χ2n) is 7.16. The highest BCUT2D eigenvalue weighted by Gasteiger charge is 2.29. The molecule has 2 saturated heterocycles. The third kappa shape index (κ3) is 4.63. The van der Waals surface area contributed by atoms with Crippen LogP contribution in [0.25, 0.3) is 0 Å². The van der Waals surface area contributed by atoms with E-state index in [1.165, 1.54) is 0 Å². The second-order valence-corrected chi connectivity index (χ2v) is 7.16. The van der Waals surface area contributed by atoms with Crippen LogP contribution in [0.15, 0.2) is 12.3 Å². The molecule has 26 heavy (non-hydrogen) atoms. The van der Waals surface area contributed by atoms with Crippen molar-refractivity contribution in [3.8, 4) is 0 Å². The highest BCUT2D eigenvalue weighted by molar-refractivity contribution is 5.76. The molecule has 7 nitrogen and oxygen atoms in total. The second kappa shape index (κ2) is 9.16. The zero-order valence-corrected chi connectivity index (χ0v) is 16.2. The summed E-state index contributed by atoms with van der Waals surface area (Å²) in [6.45, 7) is 10.8. The summed E-state index contributed by atoms with van der Waals surface area (Å²) in [5, 5.41) is 3.25. The van der Waals surface area contributed by atoms with Crippen LogP contribution in [0.2, 0.25) is 0 Å². The Morgan fingerprint density at radius 1 is 1.15 bits per heavy atom. The number of carbonyl (C=O) groups excluding carboxylic acids is 1. The Kier molecular flexibility index (Phi) is 6.66. The van der Waals surface area contributed by atoms with Crippen molar-refractivity contribution in [1.29, 1.82) is 0 Å². The normalized spacial score (nSPS) is 19.6. The predicted molar refractivity (Wildman–Crippen MR) is 104 cm³/mol. The SMILES string of the molecule is CCCC(=O)N1CCC(N2CCN(c3nccc(NCC)n3)CC2)CC1. The summed E-state index contributed by atoms with van der Waals surface area (Å²) < 4.78 is 0. The van der Waals surface area contributed by atoms with E-state index in [1.54, 1.807) is 0 Å². The van der Waals surface area contributed by atoms with Crippen LogP contribution in [0.5, 0.6) is 0 Å². The monoisotopic (exact) mass is 360 g/mol. The van der Waals surface area contributed by atoms with Crippen LogP contribution in [0.4, 0.5) is 11.8 Å². The van der Waals surface area contributed by atoms with Gasteiger partial charge in [-0.15, -0.1) is 0 Å². The van der Waals surface area contributed by atoms with E-state index in [9.17, 15) is 4.79 Å². The predicted octanol–water partition coefficient (Wildman–Crippen LogP) is 1.82. The van der Waals surface area contributed by atoms with Crippen molar-refractivity contribution >= 4 is 17.7 Å². The van der Waals surface area contributed by atoms with Crippen molar-refractivity contribution < 1.29 is 4.79 Å². The maximum atomic E-state index is 12.0. The first-order chi connectivity index (χ1) is 12.7. The molecule has 2 fully saturated rings. The van der Waals surface area contributed by atoms with Gasteiger partial charge in [0.1, 0.15) is 5.82 Å². The summed E-state index contributed by atoms with van der Waals surface area (Å²) in [4.78, 5) is 28.0. The van der Waals surface area contributed by atoms with Gasteiger partial charge in [-0.1, -0.05) is 6.92 Å². The lowest BCUT2D eigenvalue weighted by Crippen LogP contribution is -2.54. The fourth-order valence-corrected chi connectivity index (χ4v) is 3.92. The molecule has 7 heteroatoms. The summed E-state index contributed by atoms with van der Waals surface area (Å²) in [6, 6.07) is 2.52. The Morgan fingerprint density at radius 3 is 2.54 bits per heavy atom. The van der Waals surface area contributed by atoms with Crippen LogP contribution >= 0.6 is 0 Å². The third-order valence-corrected chi connectivity index (χ3v) is 5.40. The molecule has 0 unspecified atom stereocenters. The molecule has 1 N–H and O–H groups in total. The zero-order chi connectivity index (χ0) is 18.4. The van der Waals surface area contributed by atoms with Gasteiger partial charge in [0, 0.05) is 64.5 Å². The quantitative estimate of drug-likeness (QED) is 0.835. The summed E-state index contributed by atoms with van der Waals surface area (Å²) >= 11 is 0. The van der Waals surface area contributed by atoms with E-state index >= 15 is 0 Å². The van der Waals surface area contributed by atoms with Crippen molar-refractivity contribution in [2.24, 2.45) is 0 Å². The number of aromatic nitrogens is 2. The number of nitrogens with zero attached hydrogens (tertiary/aromatic N) is 5. The number of nitrogens with one attached hydrogen (secondary N) is 1. The van der Waals surface area contributed by atoms with E-state index in [0.29, 0.717) is 18.4 Å². The Morgan fingerprint density at radius 2 is 1.88 bits per heavy atom. The van der Waals surface area contributed by atoms with Crippen LogP contribution in [-0.2, 0) is 4.79 Å². The first kappa shape index (κ1) is 18.9. The molecule has 0 aliphatic carbocycles. The number of amides is 1. The van der Waals surface area contributed by atoms with Gasteiger partial charge >= 0.3 is 0 Å². The van der Waals surface area contributed by atoms with Crippen LogP contribution in [0, 0.1) is 0 Å². The molecule has 0 spiro atoms. The molecule has 1 aromatic heterocycles. The largest absolute Gasteiger partial charge is 0.370 e. The number of anilines is 2. The third-order valence-electron chi connectivity index (χ3n) is 5.40.